The van der Waals surface area contributed by atoms with Crippen molar-refractivity contribution in [3.8, 4) is 0 Å². The summed E-state index contributed by atoms with van der Waals surface area (Å²) >= 11 is 0. The summed E-state index contributed by atoms with van der Waals surface area (Å²) in [5.41, 5.74) is 1.44. The van der Waals surface area contributed by atoms with Crippen LogP contribution in [-0.4, -0.2) is 29.3 Å². The number of furan rings is 1. The van der Waals surface area contributed by atoms with Crippen LogP contribution in [0.4, 0.5) is 0 Å². The maximum absolute atomic E-state index is 12.5. The Morgan fingerprint density at radius 2 is 1.95 bits per heavy atom. The van der Waals surface area contributed by atoms with E-state index in [9.17, 15) is 9.59 Å². The molecule has 0 bridgehead atoms. The molecule has 3 rings (SSSR count). The van der Waals surface area contributed by atoms with Gasteiger partial charge in [0.1, 0.15) is 12.8 Å². The van der Waals surface area contributed by atoms with Crippen LogP contribution in [0, 0.1) is 0 Å². The number of benzene rings is 1. The number of rotatable bonds is 6. The van der Waals surface area contributed by atoms with E-state index in [0.29, 0.717) is 12.1 Å². The Morgan fingerprint density at radius 3 is 2.59 bits per heavy atom. The van der Waals surface area contributed by atoms with Crippen molar-refractivity contribution in [3.63, 3.8) is 0 Å². The highest BCUT2D eigenvalue weighted by molar-refractivity contribution is 5.96. The van der Waals surface area contributed by atoms with Gasteiger partial charge in [0.05, 0.1) is 11.8 Å². The van der Waals surface area contributed by atoms with Crippen molar-refractivity contribution in [1.82, 2.24) is 10.2 Å². The first-order valence-corrected chi connectivity index (χ1v) is 7.37. The van der Waals surface area contributed by atoms with Gasteiger partial charge in [-0.3, -0.25) is 9.59 Å². The first-order valence-electron chi connectivity index (χ1n) is 7.37. The highest BCUT2D eigenvalue weighted by Gasteiger charge is 2.26. The fraction of sp³-hybridized carbons (Fsp3) is 0.294. The number of carbonyl (C=O) groups is 2. The van der Waals surface area contributed by atoms with Crippen LogP contribution >= 0.6 is 0 Å². The molecule has 5 heteroatoms. The van der Waals surface area contributed by atoms with E-state index in [2.05, 4.69) is 5.32 Å². The minimum absolute atomic E-state index is 0.0510. The van der Waals surface area contributed by atoms with Crippen molar-refractivity contribution >= 4 is 11.8 Å². The lowest BCUT2D eigenvalue weighted by Crippen LogP contribution is -2.40. The zero-order valence-corrected chi connectivity index (χ0v) is 12.2. The lowest BCUT2D eigenvalue weighted by atomic mass is 10.2. The lowest BCUT2D eigenvalue weighted by molar-refractivity contribution is -0.122. The topological polar surface area (TPSA) is 62.6 Å². The Kier molecular flexibility index (Phi) is 4.23. The third-order valence-electron chi connectivity index (χ3n) is 3.55. The van der Waals surface area contributed by atoms with Gasteiger partial charge >= 0.3 is 0 Å². The highest BCUT2D eigenvalue weighted by atomic mass is 16.3. The molecule has 1 aromatic carbocycles. The fourth-order valence-corrected chi connectivity index (χ4v) is 2.25. The van der Waals surface area contributed by atoms with Crippen LogP contribution in [0.1, 0.15) is 28.8 Å². The van der Waals surface area contributed by atoms with Gasteiger partial charge in [-0.1, -0.05) is 30.3 Å². The SMILES string of the molecule is O=C(CN(Cc1ccccc1)C(=O)c1ccoc1)NC1CC1. The quantitative estimate of drug-likeness (QED) is 0.889. The molecule has 2 amide bonds. The molecule has 2 aromatic rings. The zero-order valence-electron chi connectivity index (χ0n) is 12.2. The molecule has 0 aliphatic heterocycles. The van der Waals surface area contributed by atoms with Gasteiger partial charge in [0.15, 0.2) is 0 Å². The maximum atomic E-state index is 12.5. The standard InChI is InChI=1S/C17H18N2O3/c20-16(18-15-6-7-15)11-19(10-13-4-2-1-3-5-13)17(21)14-8-9-22-12-14/h1-5,8-9,12,15H,6-7,10-11H2,(H,18,20). The van der Waals surface area contributed by atoms with Crippen molar-refractivity contribution in [2.24, 2.45) is 0 Å². The summed E-state index contributed by atoms with van der Waals surface area (Å²) in [5, 5.41) is 2.91. The second-order valence-electron chi connectivity index (χ2n) is 5.50. The molecule has 0 spiro atoms. The van der Waals surface area contributed by atoms with E-state index in [4.69, 9.17) is 4.42 Å². The molecule has 0 radical (unpaired) electrons. The number of carbonyl (C=O) groups excluding carboxylic acids is 2. The fourth-order valence-electron chi connectivity index (χ4n) is 2.25. The second kappa shape index (κ2) is 6.47. The molecule has 0 atom stereocenters. The average Bonchev–Trinajstić information content (AvgIpc) is 3.16. The van der Waals surface area contributed by atoms with E-state index in [-0.39, 0.29) is 24.4 Å². The van der Waals surface area contributed by atoms with Gasteiger partial charge < -0.3 is 14.6 Å². The number of amides is 2. The Labute approximate surface area is 128 Å². The van der Waals surface area contributed by atoms with Crippen molar-refractivity contribution in [1.29, 1.82) is 0 Å². The van der Waals surface area contributed by atoms with Crippen molar-refractivity contribution in [3.05, 3.63) is 60.1 Å². The van der Waals surface area contributed by atoms with Crippen molar-refractivity contribution in [2.75, 3.05) is 6.54 Å². The third kappa shape index (κ3) is 3.75. The largest absolute Gasteiger partial charge is 0.472 e. The van der Waals surface area contributed by atoms with Crippen LogP contribution < -0.4 is 5.32 Å². The van der Waals surface area contributed by atoms with Gasteiger partial charge in [0.25, 0.3) is 5.91 Å². The molecule has 5 nitrogen and oxygen atoms in total. The normalized spacial score (nSPS) is 13.6. The van der Waals surface area contributed by atoms with Gasteiger partial charge in [-0.05, 0) is 24.5 Å². The third-order valence-corrected chi connectivity index (χ3v) is 3.55. The predicted molar refractivity (Wildman–Crippen MR) is 81.1 cm³/mol. The van der Waals surface area contributed by atoms with E-state index >= 15 is 0 Å². The van der Waals surface area contributed by atoms with E-state index in [1.165, 1.54) is 17.4 Å². The molecule has 1 aliphatic rings. The molecule has 1 aliphatic carbocycles. The Morgan fingerprint density at radius 1 is 1.18 bits per heavy atom. The van der Waals surface area contributed by atoms with Crippen LogP contribution in [0.3, 0.4) is 0 Å². The molecule has 1 saturated carbocycles. The smallest absolute Gasteiger partial charge is 0.257 e. The highest BCUT2D eigenvalue weighted by Crippen LogP contribution is 2.18. The summed E-state index contributed by atoms with van der Waals surface area (Å²) < 4.78 is 4.97. The number of hydrogen-bond acceptors (Lipinski definition) is 3. The molecule has 1 heterocycles. The van der Waals surface area contributed by atoms with Crippen molar-refractivity contribution < 1.29 is 14.0 Å². The number of nitrogens with zero attached hydrogens (tertiary/aromatic N) is 1. The zero-order chi connectivity index (χ0) is 15.4. The molecule has 1 N–H and O–H groups in total. The van der Waals surface area contributed by atoms with Crippen LogP contribution in [0.15, 0.2) is 53.3 Å². The van der Waals surface area contributed by atoms with Gasteiger partial charge in [0, 0.05) is 12.6 Å². The average molecular weight is 298 g/mol. The maximum Gasteiger partial charge on any atom is 0.257 e. The van der Waals surface area contributed by atoms with E-state index in [1.54, 1.807) is 6.07 Å². The van der Waals surface area contributed by atoms with Crippen molar-refractivity contribution in [2.45, 2.75) is 25.4 Å². The van der Waals surface area contributed by atoms with Gasteiger partial charge in [-0.15, -0.1) is 0 Å². The van der Waals surface area contributed by atoms with Gasteiger partial charge in [-0.2, -0.15) is 0 Å². The van der Waals surface area contributed by atoms with Gasteiger partial charge in [0.2, 0.25) is 5.91 Å². The van der Waals surface area contributed by atoms with Gasteiger partial charge in [-0.25, -0.2) is 0 Å². The van der Waals surface area contributed by atoms with E-state index in [0.717, 1.165) is 18.4 Å². The second-order valence-corrected chi connectivity index (χ2v) is 5.50. The molecular formula is C17H18N2O3. The predicted octanol–water partition coefficient (Wildman–Crippen LogP) is 2.20. The number of nitrogens with one attached hydrogen (secondary N) is 1. The summed E-state index contributed by atoms with van der Waals surface area (Å²) in [6.45, 7) is 0.443. The summed E-state index contributed by atoms with van der Waals surface area (Å²) in [6.07, 6.45) is 4.91. The monoisotopic (exact) mass is 298 g/mol. The van der Waals surface area contributed by atoms with Crippen LogP contribution in [0.5, 0.6) is 0 Å². The number of hydrogen-bond donors (Lipinski definition) is 1. The molecule has 0 saturated heterocycles. The molecule has 1 fully saturated rings. The molecule has 0 unspecified atom stereocenters. The summed E-state index contributed by atoms with van der Waals surface area (Å²) in [7, 11) is 0. The van der Waals surface area contributed by atoms with Crippen LogP contribution in [-0.2, 0) is 11.3 Å². The van der Waals surface area contributed by atoms with E-state index in [1.807, 2.05) is 30.3 Å². The Bertz CT molecular complexity index is 633. The first-order chi connectivity index (χ1) is 10.7. The molecule has 22 heavy (non-hydrogen) atoms. The van der Waals surface area contributed by atoms with Crippen LogP contribution in [0.25, 0.3) is 0 Å². The molecule has 114 valence electrons. The summed E-state index contributed by atoms with van der Waals surface area (Å²) in [6, 6.07) is 11.5. The first kappa shape index (κ1) is 14.4. The lowest BCUT2D eigenvalue weighted by Gasteiger charge is -2.21. The Balaban J connectivity index is 1.71. The minimum Gasteiger partial charge on any atom is -0.472 e. The van der Waals surface area contributed by atoms with E-state index < -0.39 is 0 Å². The van der Waals surface area contributed by atoms with Crippen LogP contribution in [0.2, 0.25) is 0 Å². The molecule has 1 aromatic heterocycles. The molecular weight excluding hydrogens is 280 g/mol. The Hall–Kier alpha value is -2.56. The minimum atomic E-state index is -0.205. The summed E-state index contributed by atoms with van der Waals surface area (Å²) in [4.78, 5) is 26.1. The summed E-state index contributed by atoms with van der Waals surface area (Å²) in [5.74, 6) is -0.321.